The summed E-state index contributed by atoms with van der Waals surface area (Å²) in [7, 11) is 3.50. The number of hydrogen-bond acceptors (Lipinski definition) is 47. The molecule has 9 rings (SSSR count). The van der Waals surface area contributed by atoms with Gasteiger partial charge in [-0.3, -0.25) is 39.0 Å². The van der Waals surface area contributed by atoms with Gasteiger partial charge in [0.15, 0.2) is 109 Å². The summed E-state index contributed by atoms with van der Waals surface area (Å²) >= 11 is 0. The van der Waals surface area contributed by atoms with Gasteiger partial charge in [0.25, 0.3) is 0 Å². The van der Waals surface area contributed by atoms with E-state index in [-0.39, 0.29) is 39.1 Å². The van der Waals surface area contributed by atoms with Crippen LogP contribution < -0.4 is 73.7 Å². The van der Waals surface area contributed by atoms with Crippen molar-refractivity contribution < 1.29 is 208 Å². The van der Waals surface area contributed by atoms with Crippen LogP contribution >= 0.6 is 0 Å². The largest absolute Gasteiger partial charge is 0.481 e. The van der Waals surface area contributed by atoms with Gasteiger partial charge in [-0.1, -0.05) is 7.43 Å². The lowest BCUT2D eigenvalue weighted by molar-refractivity contribution is -0.322. The van der Waals surface area contributed by atoms with E-state index in [1.807, 2.05) is 0 Å². The van der Waals surface area contributed by atoms with Crippen LogP contribution in [-0.2, 0) is 90.4 Å². The number of nitrogens with two attached hydrogens (primary N) is 11. The molecular formula is C74H133N21O42. The zero-order chi connectivity index (χ0) is 103. The Kier molecular flexibility index (Phi) is 42.2. The number of carbonyl (C=O) groups is 7. The first-order chi connectivity index (χ1) is 63.5. The van der Waals surface area contributed by atoms with Crippen molar-refractivity contribution in [1.29, 1.82) is 5.41 Å². The van der Waals surface area contributed by atoms with Crippen LogP contribution in [-0.4, -0.2) is 520 Å². The summed E-state index contributed by atoms with van der Waals surface area (Å²) in [4.78, 5) is 106. The number of carbonyl (C=O) groups excluding carboxylic acids is 5. The minimum absolute atomic E-state index is 0. The Hall–Kier alpha value is -8.85. The number of unbranched alkanes of at least 4 members (excludes halogenated alkanes) is 1. The predicted octanol–water partition coefficient (Wildman–Crippen LogP) is -22.6. The van der Waals surface area contributed by atoms with Crippen LogP contribution in [0.3, 0.4) is 0 Å². The molecular weight excluding hydrogens is 1850 g/mol. The summed E-state index contributed by atoms with van der Waals surface area (Å²) < 4.78 is 70.3. The number of nitrogens with one attached hydrogen (secondary N) is 3. The average Bonchev–Trinajstić information content (AvgIpc) is 1.59. The van der Waals surface area contributed by atoms with Gasteiger partial charge in [0.1, 0.15) is 189 Å². The first-order valence-electron chi connectivity index (χ1n) is 42.1. The van der Waals surface area contributed by atoms with E-state index in [9.17, 15) is 141 Å². The Morgan fingerprint density at radius 3 is 0.934 bits per heavy atom. The second-order valence-corrected chi connectivity index (χ2v) is 33.6. The van der Waals surface area contributed by atoms with Crippen LogP contribution in [0.15, 0.2) is 25.0 Å². The standard InChI is InChI=1S/C46H80N14O26.C21H39N7O12.C6H10O4.CH4/c1-11-45(77,9-63)35(39(79-11)83-33-19(57-43(51)52)25(69)17(55-41(47)48)27(71)31(33)75)85-37-21(29(73)23(67)13(7-61)81-37)59(3)15(65)5-6-16(66)60(4)22-30(74)24(68)14(8-62)82-38(22)86-36-40(80-12(2)46(36,78)10-64)84-34-20(58-44(53)54)26(70)18(56-42(49)50)28(72)32(34)76;1-5-21(36,4-30)16(40-17-9(26-2)13(34)10(31)6(3-29)38-17)18(37-5)39-15-8(28-20(24)25)11(32)7(27-19(22)23)12(33)14(15)35;7-5(8)3-1-2-4-6(9)10;/h9-14,17-40,61-62,67-78H,5-8H2,1-4H3,(H4,47,48,55)(H4,49,50,56)(H4,51,52,57)(H4,53,54,58);4-18,26,29,31-36H,3H2,1-2H3,(H4,22,23,27)(H4,24,25,28);1-4H2,(H,7,8)(H,9,10);1H4/t11-,12-,13?,14?,17?,18?,19-,20-,21+,22?,23-,24-,25?,26?,27-,28-,29?,30+,31-,32?,33?,34-,35+,36?,37-,38-,39-,40-,45?,46-;5-,6?,7?,8-,9?,10-,11?,12-,13+,14?,15-,16?,17-,18-,21-;;/m00../s1. The third kappa shape index (κ3) is 26.1. The molecule has 9 aliphatic rings. The third-order valence-electron chi connectivity index (χ3n) is 24.6. The highest BCUT2D eigenvalue weighted by Gasteiger charge is 2.66. The Morgan fingerprint density at radius 2 is 0.650 bits per heavy atom. The Morgan fingerprint density at radius 1 is 0.372 bits per heavy atom. The van der Waals surface area contributed by atoms with E-state index in [0.29, 0.717) is 12.8 Å². The molecule has 137 heavy (non-hydrogen) atoms. The number of carboxylic acids is 2. The maximum atomic E-state index is 14.2. The molecule has 3 aliphatic carbocycles. The molecule has 2 amide bonds. The van der Waals surface area contributed by atoms with Crippen molar-refractivity contribution in [2.24, 2.45) is 88.0 Å². The summed E-state index contributed by atoms with van der Waals surface area (Å²) in [6.45, 7) is 0.950. The first-order valence-corrected chi connectivity index (χ1v) is 42.1. The number of aldehydes is 3. The number of aliphatic hydroxyl groups is 21. The highest BCUT2D eigenvalue weighted by Crippen LogP contribution is 2.44. The first kappa shape index (κ1) is 117. The van der Waals surface area contributed by atoms with Crippen molar-refractivity contribution in [3.05, 3.63) is 0 Å². The molecule has 0 radical (unpaired) electrons. The molecule has 3 saturated carbocycles. The van der Waals surface area contributed by atoms with E-state index in [4.69, 9.17) is 136 Å². The molecule has 45 atom stereocenters. The average molecular weight is 1990 g/mol. The highest BCUT2D eigenvalue weighted by molar-refractivity contribution is 5.84. The molecule has 6 saturated heterocycles. The van der Waals surface area contributed by atoms with Gasteiger partial charge >= 0.3 is 11.9 Å². The molecule has 63 nitrogen and oxygen atoms in total. The normalized spacial score (nSPS) is 42.8. The molecule has 63 heteroatoms. The number of carboxylic acid groups (broad SMARTS) is 2. The molecule has 0 aromatic carbocycles. The molecule has 6 heterocycles. The number of nitrogens with zero attached hydrogens (tertiary/aromatic N) is 7. The second kappa shape index (κ2) is 49.5. The maximum absolute atomic E-state index is 14.2. The van der Waals surface area contributed by atoms with Gasteiger partial charge in [0.05, 0.1) is 50.2 Å². The van der Waals surface area contributed by atoms with Crippen molar-refractivity contribution in [2.75, 3.05) is 41.0 Å². The summed E-state index contributed by atoms with van der Waals surface area (Å²) in [6.07, 6.45) is -61.0. The number of aliphatic hydroxyl groups excluding tert-OH is 18. The Labute approximate surface area is 779 Å². The van der Waals surface area contributed by atoms with Crippen molar-refractivity contribution in [3.8, 4) is 0 Å². The van der Waals surface area contributed by atoms with Crippen LogP contribution in [0.5, 0.6) is 0 Å². The number of ether oxygens (including phenoxy) is 12. The smallest absolute Gasteiger partial charge is 0.303 e. The number of rotatable bonds is 35. The molecule has 18 unspecified atom stereocenters. The van der Waals surface area contributed by atoms with E-state index in [1.54, 1.807) is 0 Å². The Bertz CT molecular complexity index is 3960. The molecule has 48 N–H and O–H groups in total. The third-order valence-corrected chi connectivity index (χ3v) is 24.6. The van der Waals surface area contributed by atoms with Gasteiger partial charge < -0.3 is 258 Å². The summed E-state index contributed by atoms with van der Waals surface area (Å²) in [5, 5.41) is 259. The fourth-order valence-corrected chi connectivity index (χ4v) is 16.9. The lowest BCUT2D eigenvalue weighted by Crippen LogP contribution is -2.70. The summed E-state index contributed by atoms with van der Waals surface area (Å²) in [5.74, 6) is -7.59. The predicted molar refractivity (Wildman–Crippen MR) is 455 cm³/mol. The quantitative estimate of drug-likeness (QED) is 0.0121. The molecule has 9 fully saturated rings. The highest BCUT2D eigenvalue weighted by atomic mass is 16.8. The number of guanidine groups is 6. The minimum atomic E-state index is -2.75. The van der Waals surface area contributed by atoms with Gasteiger partial charge in [-0.2, -0.15) is 0 Å². The summed E-state index contributed by atoms with van der Waals surface area (Å²) in [6, 6.07) is -14.5. The molecule has 0 spiro atoms. The zero-order valence-electron chi connectivity index (χ0n) is 73.9. The van der Waals surface area contributed by atoms with Crippen LogP contribution in [0, 0.1) is 5.41 Å². The van der Waals surface area contributed by atoms with Crippen molar-refractivity contribution in [3.63, 3.8) is 0 Å². The molecule has 0 bridgehead atoms. The fourth-order valence-electron chi connectivity index (χ4n) is 16.9. The monoisotopic (exact) mass is 1990 g/mol. The van der Waals surface area contributed by atoms with Gasteiger partial charge in [-0.25, -0.2) is 25.0 Å². The van der Waals surface area contributed by atoms with Gasteiger partial charge in [0, 0.05) is 39.8 Å². The summed E-state index contributed by atoms with van der Waals surface area (Å²) in [5.41, 5.74) is 52.7. The SMILES string of the molecule is C.CNC1[C@H](OC2[C@H](O[C@@H]3C(O)[C@@H](O)C(N=C(N)N)C(O)[C@@H]3NC(=N)N)O[C@@H](C)[C@@]2(O)C=O)OC(CO)[C@H](O)[C@@H]1O.C[C@@H]1O[C@@H](OC2[C@@H](N=C(N)N)C(O)C(N=C(N)N)[C@H](O)[C@@H]2O)[C@@H](O[C@@H]2OC(CO)[C@H](O)C(O)[C@H]2N(C)C(=O)CCC(=O)N(C)C2[C@H](OC3[C@H](O[C@@H]4C(O)[C@@H](O)C(N=C(N)N)C(O)[C@@H]4N=C(N)N)O[C@@H](C)[C@@]3(O)C=O)OC(CO)[C@H](O)[C@@H]2O)C1(O)C=O.O=C(O)CCCCC(=O)O. The lowest BCUT2D eigenvalue weighted by Gasteiger charge is -2.48. The molecule has 786 valence electrons. The molecule has 6 aliphatic heterocycles. The van der Waals surface area contributed by atoms with Crippen LogP contribution in [0.2, 0.25) is 0 Å². The molecule has 0 aromatic heterocycles. The van der Waals surface area contributed by atoms with E-state index in [2.05, 4.69) is 35.6 Å². The number of aliphatic carboxylic acids is 2. The maximum Gasteiger partial charge on any atom is 0.303 e. The number of likely N-dealkylation sites (N-methyl/N-ethyl adjacent to an activating group) is 3. The van der Waals surface area contributed by atoms with Crippen molar-refractivity contribution in [1.82, 2.24) is 20.4 Å². The van der Waals surface area contributed by atoms with Crippen molar-refractivity contribution in [2.45, 2.75) is 340 Å². The fraction of sp³-hybridized carbons (Fsp3) is 0.824. The number of aliphatic imine (C=N–C) groups is 5. The second-order valence-electron chi connectivity index (χ2n) is 33.6. The molecule has 0 aromatic rings. The van der Waals surface area contributed by atoms with E-state index in [0.717, 1.165) is 23.9 Å². The van der Waals surface area contributed by atoms with Gasteiger partial charge in [0.2, 0.25) is 11.8 Å². The van der Waals surface area contributed by atoms with E-state index >= 15 is 0 Å². The van der Waals surface area contributed by atoms with Crippen LogP contribution in [0.25, 0.3) is 0 Å². The van der Waals surface area contributed by atoms with Gasteiger partial charge in [-0.05, 0) is 40.7 Å². The zero-order valence-corrected chi connectivity index (χ0v) is 73.9. The topological polar surface area (TPSA) is 1100 Å². The lowest BCUT2D eigenvalue weighted by atomic mass is 9.81. The van der Waals surface area contributed by atoms with E-state index in [1.165, 1.54) is 27.8 Å². The number of amides is 2. The van der Waals surface area contributed by atoms with E-state index < -0.39 is 366 Å². The van der Waals surface area contributed by atoms with Crippen LogP contribution in [0.1, 0.15) is 66.7 Å². The van der Waals surface area contributed by atoms with Crippen molar-refractivity contribution >= 4 is 78.4 Å². The van der Waals surface area contributed by atoms with Gasteiger partial charge in [-0.15, -0.1) is 0 Å². The van der Waals surface area contributed by atoms with Crippen LogP contribution in [0.4, 0.5) is 0 Å². The Balaban J connectivity index is 0.000000464. The minimum Gasteiger partial charge on any atom is -0.481 e. The number of hydrogen-bond donors (Lipinski definition) is 37.